The van der Waals surface area contributed by atoms with Gasteiger partial charge in [0.05, 0.1) is 18.2 Å². The molecule has 0 aromatic heterocycles. The van der Waals surface area contributed by atoms with E-state index in [1.807, 2.05) is 70.2 Å². The van der Waals surface area contributed by atoms with Gasteiger partial charge >= 0.3 is 6.09 Å². The first-order chi connectivity index (χ1) is 16.7. The number of hydrogen-bond acceptors (Lipinski definition) is 4. The molecule has 3 aromatic carbocycles. The van der Waals surface area contributed by atoms with Gasteiger partial charge in [0.1, 0.15) is 17.5 Å². The van der Waals surface area contributed by atoms with E-state index in [4.69, 9.17) is 9.47 Å². The summed E-state index contributed by atoms with van der Waals surface area (Å²) in [7, 11) is 0. The van der Waals surface area contributed by atoms with Crippen molar-refractivity contribution in [2.45, 2.75) is 71.6 Å². The number of amides is 1. The van der Waals surface area contributed by atoms with Gasteiger partial charge in [0.25, 0.3) is 0 Å². The Hall–Kier alpha value is -3.34. The van der Waals surface area contributed by atoms with Gasteiger partial charge in [0.15, 0.2) is 5.78 Å². The predicted molar refractivity (Wildman–Crippen MR) is 139 cm³/mol. The van der Waals surface area contributed by atoms with Crippen LogP contribution in [-0.4, -0.2) is 35.0 Å². The molecule has 0 aliphatic carbocycles. The number of fused-ring (bicyclic) bond motifs is 2. The minimum atomic E-state index is -0.640. The van der Waals surface area contributed by atoms with Gasteiger partial charge in [-0.3, -0.25) is 9.69 Å². The molecule has 184 valence electrons. The third kappa shape index (κ3) is 5.67. The molecule has 2 atom stereocenters. The molecule has 5 nitrogen and oxygen atoms in total. The smallest absolute Gasteiger partial charge is 0.410 e. The molecular weight excluding hydrogens is 438 g/mol. The van der Waals surface area contributed by atoms with E-state index in [1.165, 1.54) is 0 Å². The third-order valence-corrected chi connectivity index (χ3v) is 6.36. The van der Waals surface area contributed by atoms with Gasteiger partial charge in [-0.1, -0.05) is 61.9 Å². The summed E-state index contributed by atoms with van der Waals surface area (Å²) in [6.07, 6.45) is 1.31. The Bertz CT molecular complexity index is 1220. The highest BCUT2D eigenvalue weighted by Gasteiger charge is 2.34. The molecule has 5 heteroatoms. The zero-order valence-corrected chi connectivity index (χ0v) is 21.3. The van der Waals surface area contributed by atoms with Crippen LogP contribution in [0.15, 0.2) is 60.7 Å². The third-order valence-electron chi connectivity index (χ3n) is 6.36. The topological polar surface area (TPSA) is 55.8 Å². The minimum Gasteiger partial charge on any atom is -0.487 e. The Morgan fingerprint density at radius 1 is 1.11 bits per heavy atom. The van der Waals surface area contributed by atoms with Crippen molar-refractivity contribution in [2.75, 3.05) is 6.54 Å². The normalized spacial score (nSPS) is 16.4. The fourth-order valence-electron chi connectivity index (χ4n) is 4.70. The van der Waals surface area contributed by atoms with Crippen LogP contribution in [0.25, 0.3) is 10.8 Å². The van der Waals surface area contributed by atoms with E-state index in [1.54, 1.807) is 4.90 Å². The van der Waals surface area contributed by atoms with Crippen LogP contribution in [0.2, 0.25) is 0 Å². The summed E-state index contributed by atoms with van der Waals surface area (Å²) in [4.78, 5) is 28.1. The molecule has 0 saturated heterocycles. The molecule has 0 saturated carbocycles. The van der Waals surface area contributed by atoms with Crippen LogP contribution in [0.3, 0.4) is 0 Å². The summed E-state index contributed by atoms with van der Waals surface area (Å²) < 4.78 is 12.0. The number of rotatable bonds is 6. The number of ketones is 1. The second-order valence-electron chi connectivity index (χ2n) is 10.3. The SMILES string of the molecule is CCCc1ccc2c(c1)C(=O)C[C@H](CN(C(=O)OC(C)(C)C)[C@H](C)c1cccc3ccccc13)O2. The van der Waals surface area contributed by atoms with Crippen molar-refractivity contribution >= 4 is 22.6 Å². The first-order valence-corrected chi connectivity index (χ1v) is 12.5. The van der Waals surface area contributed by atoms with Crippen molar-refractivity contribution < 1.29 is 19.1 Å². The summed E-state index contributed by atoms with van der Waals surface area (Å²) in [5.74, 6) is 0.643. The fraction of sp³-hybridized carbons (Fsp3) is 0.400. The summed E-state index contributed by atoms with van der Waals surface area (Å²) in [6, 6.07) is 19.8. The van der Waals surface area contributed by atoms with Gasteiger partial charge in [-0.15, -0.1) is 0 Å². The van der Waals surface area contributed by atoms with E-state index in [2.05, 4.69) is 25.1 Å². The van der Waals surface area contributed by atoms with Crippen molar-refractivity contribution in [3.63, 3.8) is 0 Å². The van der Waals surface area contributed by atoms with Crippen LogP contribution in [-0.2, 0) is 11.2 Å². The zero-order valence-electron chi connectivity index (χ0n) is 21.3. The molecule has 0 unspecified atom stereocenters. The Morgan fingerprint density at radius 3 is 2.60 bits per heavy atom. The number of Topliss-reactive ketones (excluding diaryl/α,β-unsaturated/α-hetero) is 1. The number of carbonyl (C=O) groups is 2. The number of hydrogen-bond donors (Lipinski definition) is 0. The van der Waals surface area contributed by atoms with Crippen molar-refractivity contribution in [2.24, 2.45) is 0 Å². The largest absolute Gasteiger partial charge is 0.487 e. The summed E-state index contributed by atoms with van der Waals surface area (Å²) in [5, 5.41) is 2.20. The lowest BCUT2D eigenvalue weighted by Crippen LogP contribution is -2.45. The van der Waals surface area contributed by atoms with E-state index >= 15 is 0 Å². The molecule has 0 bridgehead atoms. The molecule has 0 fully saturated rings. The second kappa shape index (κ2) is 10.1. The molecule has 1 heterocycles. The van der Waals surface area contributed by atoms with Crippen LogP contribution < -0.4 is 4.74 Å². The maximum Gasteiger partial charge on any atom is 0.410 e. The van der Waals surface area contributed by atoms with Crippen LogP contribution in [0, 0.1) is 0 Å². The lowest BCUT2D eigenvalue weighted by Gasteiger charge is -2.36. The Morgan fingerprint density at radius 2 is 1.86 bits per heavy atom. The zero-order chi connectivity index (χ0) is 25.2. The molecule has 35 heavy (non-hydrogen) atoms. The van der Waals surface area contributed by atoms with Gasteiger partial charge in [-0.05, 0) is 68.1 Å². The van der Waals surface area contributed by atoms with E-state index < -0.39 is 17.8 Å². The van der Waals surface area contributed by atoms with Crippen LogP contribution in [0.5, 0.6) is 5.75 Å². The quantitative estimate of drug-likeness (QED) is 0.382. The van der Waals surface area contributed by atoms with Gasteiger partial charge < -0.3 is 9.47 Å². The maximum absolute atomic E-state index is 13.4. The second-order valence-corrected chi connectivity index (χ2v) is 10.3. The Balaban J connectivity index is 1.63. The molecule has 1 aliphatic heterocycles. The van der Waals surface area contributed by atoms with Gasteiger partial charge in [-0.25, -0.2) is 4.79 Å². The lowest BCUT2D eigenvalue weighted by molar-refractivity contribution is 0.00643. The number of benzene rings is 3. The standard InChI is InChI=1S/C30H35NO4/c1-6-10-21-15-16-28-26(17-21)27(32)18-23(34-28)19-31(29(33)35-30(3,4)5)20(2)24-14-9-12-22-11-7-8-13-25(22)24/h7-9,11-17,20,23H,6,10,18-19H2,1-5H3/t20-,23-/m1/s1. The molecular formula is C30H35NO4. The van der Waals surface area contributed by atoms with E-state index in [-0.39, 0.29) is 24.8 Å². The number of aryl methyl sites for hydroxylation is 1. The molecule has 1 amide bonds. The number of carbonyl (C=O) groups excluding carboxylic acids is 2. The van der Waals surface area contributed by atoms with Crippen molar-refractivity contribution in [3.8, 4) is 5.75 Å². The first-order valence-electron chi connectivity index (χ1n) is 12.5. The highest BCUT2D eigenvalue weighted by Crippen LogP contribution is 2.33. The summed E-state index contributed by atoms with van der Waals surface area (Å²) in [6.45, 7) is 9.95. The molecule has 3 aromatic rings. The van der Waals surface area contributed by atoms with Gasteiger partial charge in [0.2, 0.25) is 0 Å². The lowest BCUT2D eigenvalue weighted by atomic mass is 9.96. The average Bonchev–Trinajstić information content (AvgIpc) is 2.81. The molecule has 0 radical (unpaired) electrons. The molecule has 4 rings (SSSR count). The minimum absolute atomic E-state index is 0.0520. The van der Waals surface area contributed by atoms with Crippen LogP contribution in [0.1, 0.15) is 75.0 Å². The highest BCUT2D eigenvalue weighted by molar-refractivity contribution is 6.00. The summed E-state index contributed by atoms with van der Waals surface area (Å²) >= 11 is 0. The van der Waals surface area contributed by atoms with Crippen molar-refractivity contribution in [1.82, 2.24) is 4.90 Å². The maximum atomic E-state index is 13.4. The van der Waals surface area contributed by atoms with Gasteiger partial charge in [-0.2, -0.15) is 0 Å². The molecule has 0 spiro atoms. The van der Waals surface area contributed by atoms with Crippen LogP contribution in [0.4, 0.5) is 4.79 Å². The number of ether oxygens (including phenoxy) is 2. The number of nitrogens with zero attached hydrogens (tertiary/aromatic N) is 1. The fourth-order valence-corrected chi connectivity index (χ4v) is 4.70. The molecule has 1 aliphatic rings. The first kappa shape index (κ1) is 24.8. The van der Waals surface area contributed by atoms with E-state index in [9.17, 15) is 9.59 Å². The van der Waals surface area contributed by atoms with Crippen molar-refractivity contribution in [1.29, 1.82) is 0 Å². The average molecular weight is 474 g/mol. The van der Waals surface area contributed by atoms with E-state index in [0.29, 0.717) is 11.3 Å². The van der Waals surface area contributed by atoms with E-state index in [0.717, 1.165) is 34.7 Å². The van der Waals surface area contributed by atoms with Crippen LogP contribution >= 0.6 is 0 Å². The predicted octanol–water partition coefficient (Wildman–Crippen LogP) is 7.12. The monoisotopic (exact) mass is 473 g/mol. The highest BCUT2D eigenvalue weighted by atomic mass is 16.6. The molecule has 0 N–H and O–H groups in total. The van der Waals surface area contributed by atoms with Gasteiger partial charge in [0, 0.05) is 6.42 Å². The Labute approximate surface area is 208 Å². The van der Waals surface area contributed by atoms with Crippen molar-refractivity contribution in [3.05, 3.63) is 77.4 Å². The Kier molecular flexibility index (Phi) is 7.15. The summed E-state index contributed by atoms with van der Waals surface area (Å²) in [5.41, 5.74) is 2.17.